The SMILES string of the molecule is CCc1nc2ccccc2c(=O)n1Cc1noc(C=Cc2ccccc2Cl)n1. The summed E-state index contributed by atoms with van der Waals surface area (Å²) in [6.07, 6.45) is 4.12. The number of aryl methyl sites for hydroxylation is 1. The lowest BCUT2D eigenvalue weighted by Crippen LogP contribution is -2.26. The summed E-state index contributed by atoms with van der Waals surface area (Å²) in [5.41, 5.74) is 1.43. The second kappa shape index (κ2) is 7.78. The first-order valence-corrected chi connectivity index (χ1v) is 9.27. The molecule has 0 aliphatic carbocycles. The van der Waals surface area contributed by atoms with Gasteiger partial charge in [0, 0.05) is 17.5 Å². The van der Waals surface area contributed by atoms with E-state index in [1.165, 1.54) is 0 Å². The molecule has 0 radical (unpaired) electrons. The normalized spacial score (nSPS) is 11.5. The number of nitrogens with zero attached hydrogens (tertiary/aromatic N) is 4. The maximum atomic E-state index is 12.9. The number of benzene rings is 2. The zero-order valence-electron chi connectivity index (χ0n) is 15.2. The Kier molecular flexibility index (Phi) is 5.04. The van der Waals surface area contributed by atoms with E-state index < -0.39 is 0 Å². The van der Waals surface area contributed by atoms with E-state index in [0.29, 0.717) is 39.9 Å². The molecule has 7 heteroatoms. The van der Waals surface area contributed by atoms with Crippen molar-refractivity contribution < 1.29 is 4.52 Å². The Hall–Kier alpha value is -3.25. The van der Waals surface area contributed by atoms with Crippen molar-refractivity contribution in [3.63, 3.8) is 0 Å². The van der Waals surface area contributed by atoms with Crippen LogP contribution in [0.4, 0.5) is 0 Å². The van der Waals surface area contributed by atoms with Crippen molar-refractivity contribution in [3.8, 4) is 0 Å². The molecule has 0 saturated heterocycles. The summed E-state index contributed by atoms with van der Waals surface area (Å²) in [7, 11) is 0. The molecule has 140 valence electrons. The maximum Gasteiger partial charge on any atom is 0.261 e. The average Bonchev–Trinajstić information content (AvgIpc) is 3.17. The number of halogens is 1. The molecule has 0 amide bonds. The summed E-state index contributed by atoms with van der Waals surface area (Å²) in [6.45, 7) is 2.16. The van der Waals surface area contributed by atoms with Crippen LogP contribution in [0.2, 0.25) is 5.02 Å². The molecule has 0 fully saturated rings. The van der Waals surface area contributed by atoms with Gasteiger partial charge in [-0.15, -0.1) is 0 Å². The van der Waals surface area contributed by atoms with E-state index in [1.807, 2.05) is 49.4 Å². The smallest absolute Gasteiger partial charge is 0.261 e. The molecule has 2 aromatic heterocycles. The first kappa shape index (κ1) is 18.1. The molecule has 0 saturated carbocycles. The Balaban J connectivity index is 1.63. The van der Waals surface area contributed by atoms with Crippen molar-refractivity contribution in [1.29, 1.82) is 0 Å². The predicted octanol–water partition coefficient (Wildman–Crippen LogP) is 4.21. The Morgan fingerprint density at radius 2 is 1.86 bits per heavy atom. The minimum absolute atomic E-state index is 0.111. The van der Waals surface area contributed by atoms with E-state index in [0.717, 1.165) is 5.56 Å². The zero-order chi connectivity index (χ0) is 19.5. The van der Waals surface area contributed by atoms with Crippen LogP contribution in [-0.4, -0.2) is 19.7 Å². The van der Waals surface area contributed by atoms with Crippen LogP contribution in [0.15, 0.2) is 57.8 Å². The highest BCUT2D eigenvalue weighted by Crippen LogP contribution is 2.17. The van der Waals surface area contributed by atoms with Gasteiger partial charge in [-0.2, -0.15) is 4.98 Å². The summed E-state index contributed by atoms with van der Waals surface area (Å²) < 4.78 is 6.86. The van der Waals surface area contributed by atoms with Gasteiger partial charge in [-0.05, 0) is 29.8 Å². The van der Waals surface area contributed by atoms with Crippen LogP contribution < -0.4 is 5.56 Å². The van der Waals surface area contributed by atoms with Crippen LogP contribution in [0.5, 0.6) is 0 Å². The van der Waals surface area contributed by atoms with Crippen LogP contribution in [0, 0.1) is 0 Å². The molecule has 0 spiro atoms. The number of hydrogen-bond acceptors (Lipinski definition) is 5. The van der Waals surface area contributed by atoms with Crippen molar-refractivity contribution in [1.82, 2.24) is 19.7 Å². The van der Waals surface area contributed by atoms with E-state index in [4.69, 9.17) is 16.1 Å². The van der Waals surface area contributed by atoms with Gasteiger partial charge in [0.15, 0.2) is 5.82 Å². The third kappa shape index (κ3) is 3.59. The van der Waals surface area contributed by atoms with E-state index in [-0.39, 0.29) is 12.1 Å². The highest BCUT2D eigenvalue weighted by Gasteiger charge is 2.13. The average molecular weight is 393 g/mol. The predicted molar refractivity (Wildman–Crippen MR) is 109 cm³/mol. The van der Waals surface area contributed by atoms with E-state index in [9.17, 15) is 4.79 Å². The summed E-state index contributed by atoms with van der Waals surface area (Å²) in [5, 5.41) is 5.20. The van der Waals surface area contributed by atoms with Crippen molar-refractivity contribution in [2.24, 2.45) is 0 Å². The highest BCUT2D eigenvalue weighted by molar-refractivity contribution is 6.32. The number of rotatable bonds is 5. The molecule has 4 aromatic rings. The molecule has 2 aromatic carbocycles. The van der Waals surface area contributed by atoms with Gasteiger partial charge < -0.3 is 4.52 Å². The molecule has 4 rings (SSSR count). The monoisotopic (exact) mass is 392 g/mol. The minimum atomic E-state index is -0.111. The van der Waals surface area contributed by atoms with Crippen molar-refractivity contribution in [2.75, 3.05) is 0 Å². The molecule has 0 atom stereocenters. The van der Waals surface area contributed by atoms with E-state index in [2.05, 4.69) is 15.1 Å². The van der Waals surface area contributed by atoms with Crippen LogP contribution in [-0.2, 0) is 13.0 Å². The van der Waals surface area contributed by atoms with Gasteiger partial charge in [-0.1, -0.05) is 54.0 Å². The van der Waals surface area contributed by atoms with E-state index in [1.54, 1.807) is 22.8 Å². The Bertz CT molecular complexity index is 1230. The lowest BCUT2D eigenvalue weighted by molar-refractivity contribution is 0.400. The van der Waals surface area contributed by atoms with Gasteiger partial charge >= 0.3 is 0 Å². The van der Waals surface area contributed by atoms with Crippen molar-refractivity contribution >= 4 is 34.7 Å². The fourth-order valence-electron chi connectivity index (χ4n) is 2.96. The molecule has 0 aliphatic rings. The zero-order valence-corrected chi connectivity index (χ0v) is 15.9. The highest BCUT2D eigenvalue weighted by atomic mass is 35.5. The molecule has 2 heterocycles. The molecular weight excluding hydrogens is 376 g/mol. The summed E-state index contributed by atoms with van der Waals surface area (Å²) in [5.74, 6) is 1.43. The lowest BCUT2D eigenvalue weighted by Gasteiger charge is -2.10. The number of hydrogen-bond donors (Lipinski definition) is 0. The first-order chi connectivity index (χ1) is 13.7. The minimum Gasteiger partial charge on any atom is -0.335 e. The second-order valence-corrected chi connectivity index (χ2v) is 6.60. The van der Waals surface area contributed by atoms with Gasteiger partial charge in [0.25, 0.3) is 11.4 Å². The van der Waals surface area contributed by atoms with Gasteiger partial charge in [-0.25, -0.2) is 4.98 Å². The van der Waals surface area contributed by atoms with E-state index >= 15 is 0 Å². The molecule has 0 N–H and O–H groups in total. The summed E-state index contributed by atoms with van der Waals surface area (Å²) >= 11 is 6.14. The quantitative estimate of drug-likeness (QED) is 0.508. The summed E-state index contributed by atoms with van der Waals surface area (Å²) in [6, 6.07) is 14.8. The Labute approximate surface area is 166 Å². The van der Waals surface area contributed by atoms with Gasteiger partial charge in [0.2, 0.25) is 0 Å². The molecule has 0 bridgehead atoms. The van der Waals surface area contributed by atoms with Crippen LogP contribution >= 0.6 is 11.6 Å². The van der Waals surface area contributed by atoms with Crippen LogP contribution in [0.3, 0.4) is 0 Å². The van der Waals surface area contributed by atoms with Crippen LogP contribution in [0.1, 0.15) is 30.0 Å². The fraction of sp³-hybridized carbons (Fsp3) is 0.143. The largest absolute Gasteiger partial charge is 0.335 e. The summed E-state index contributed by atoms with van der Waals surface area (Å²) in [4.78, 5) is 21.8. The number of aromatic nitrogens is 4. The van der Waals surface area contributed by atoms with Gasteiger partial charge in [0.05, 0.1) is 17.4 Å². The molecule has 6 nitrogen and oxygen atoms in total. The maximum absolute atomic E-state index is 12.9. The third-order valence-electron chi connectivity index (χ3n) is 4.35. The van der Waals surface area contributed by atoms with Gasteiger partial charge in [-0.3, -0.25) is 9.36 Å². The second-order valence-electron chi connectivity index (χ2n) is 6.19. The van der Waals surface area contributed by atoms with Crippen LogP contribution in [0.25, 0.3) is 23.1 Å². The third-order valence-corrected chi connectivity index (χ3v) is 4.70. The lowest BCUT2D eigenvalue weighted by atomic mass is 10.2. The molecule has 28 heavy (non-hydrogen) atoms. The standard InChI is InChI=1S/C21H17ClN4O2/c1-2-19-23-17-10-6-4-8-15(17)21(27)26(19)13-18-24-20(28-25-18)12-11-14-7-3-5-9-16(14)22/h3-12H,2,13H2,1H3. The number of para-hydroxylation sites is 1. The Morgan fingerprint density at radius 1 is 1.07 bits per heavy atom. The topological polar surface area (TPSA) is 73.8 Å². The molecule has 0 aliphatic heterocycles. The molecular formula is C21H17ClN4O2. The first-order valence-electron chi connectivity index (χ1n) is 8.89. The Morgan fingerprint density at radius 3 is 2.68 bits per heavy atom. The fourth-order valence-corrected chi connectivity index (χ4v) is 3.16. The van der Waals surface area contributed by atoms with Crippen molar-refractivity contribution in [3.05, 3.63) is 87.0 Å². The van der Waals surface area contributed by atoms with Gasteiger partial charge in [0.1, 0.15) is 5.82 Å². The van der Waals surface area contributed by atoms with Crippen molar-refractivity contribution in [2.45, 2.75) is 19.9 Å². The molecule has 0 unspecified atom stereocenters. The number of fused-ring (bicyclic) bond motifs is 1.